The SMILES string of the molecule is Cn1c(CCC(CCc2nc3ccccc3n2C)(CCc2nc3ccccc3n2C)NC(=O)CN(CC(=O)O)CC(=O)O)nc2ccccc21. The summed E-state index contributed by atoms with van der Waals surface area (Å²) >= 11 is 0. The van der Waals surface area contributed by atoms with Gasteiger partial charge in [0.05, 0.1) is 52.7 Å². The van der Waals surface area contributed by atoms with Crippen molar-refractivity contribution < 1.29 is 24.6 Å². The van der Waals surface area contributed by atoms with Crippen LogP contribution in [0.2, 0.25) is 0 Å². The number of rotatable bonds is 16. The van der Waals surface area contributed by atoms with Crippen molar-refractivity contribution in [3.8, 4) is 0 Å². The second-order valence-electron chi connectivity index (χ2n) is 13.0. The molecule has 3 aromatic heterocycles. The molecule has 0 bridgehead atoms. The number of para-hydroxylation sites is 6. The maximum Gasteiger partial charge on any atom is 0.317 e. The fourth-order valence-corrected chi connectivity index (χ4v) is 6.96. The lowest BCUT2D eigenvalue weighted by Gasteiger charge is -2.36. The van der Waals surface area contributed by atoms with Gasteiger partial charge >= 0.3 is 11.9 Å². The first-order chi connectivity index (χ1) is 24.0. The van der Waals surface area contributed by atoms with Crippen LogP contribution < -0.4 is 5.32 Å². The molecular weight excluding hydrogens is 636 g/mol. The van der Waals surface area contributed by atoms with Crippen LogP contribution in [-0.2, 0) is 54.8 Å². The van der Waals surface area contributed by atoms with Crippen LogP contribution in [0.3, 0.4) is 0 Å². The van der Waals surface area contributed by atoms with Crippen molar-refractivity contribution in [2.45, 2.75) is 44.1 Å². The lowest BCUT2D eigenvalue weighted by Crippen LogP contribution is -2.53. The number of aliphatic carboxylic acids is 2. The monoisotopic (exact) mass is 678 g/mol. The van der Waals surface area contributed by atoms with Gasteiger partial charge in [-0.15, -0.1) is 0 Å². The van der Waals surface area contributed by atoms with Gasteiger partial charge in [-0.25, -0.2) is 15.0 Å². The number of fused-ring (bicyclic) bond motifs is 3. The van der Waals surface area contributed by atoms with E-state index >= 15 is 0 Å². The molecular formula is C37H42N8O5. The van der Waals surface area contributed by atoms with Gasteiger partial charge in [0.25, 0.3) is 0 Å². The van der Waals surface area contributed by atoms with Gasteiger partial charge in [-0.3, -0.25) is 19.3 Å². The largest absolute Gasteiger partial charge is 0.480 e. The van der Waals surface area contributed by atoms with Crippen molar-refractivity contribution in [2.75, 3.05) is 19.6 Å². The smallest absolute Gasteiger partial charge is 0.317 e. The third-order valence-corrected chi connectivity index (χ3v) is 9.61. The Morgan fingerprint density at radius 2 is 0.940 bits per heavy atom. The third-order valence-electron chi connectivity index (χ3n) is 9.61. The fourth-order valence-electron chi connectivity index (χ4n) is 6.96. The van der Waals surface area contributed by atoms with Crippen molar-refractivity contribution in [3.05, 3.63) is 90.3 Å². The Morgan fingerprint density at radius 3 is 1.26 bits per heavy atom. The molecule has 0 aliphatic heterocycles. The van der Waals surface area contributed by atoms with Crippen LogP contribution in [-0.4, -0.2) is 86.8 Å². The maximum atomic E-state index is 13.9. The molecule has 0 saturated carbocycles. The van der Waals surface area contributed by atoms with Crippen LogP contribution in [0.1, 0.15) is 36.7 Å². The van der Waals surface area contributed by atoms with Gasteiger partial charge < -0.3 is 29.2 Å². The second-order valence-corrected chi connectivity index (χ2v) is 13.0. The number of aryl methyl sites for hydroxylation is 6. The average Bonchev–Trinajstić information content (AvgIpc) is 3.71. The minimum absolute atomic E-state index is 0.384. The van der Waals surface area contributed by atoms with E-state index in [4.69, 9.17) is 15.0 Å². The highest BCUT2D eigenvalue weighted by Crippen LogP contribution is 2.29. The molecule has 0 unspecified atom stereocenters. The van der Waals surface area contributed by atoms with Gasteiger partial charge in [0.15, 0.2) is 0 Å². The van der Waals surface area contributed by atoms with E-state index in [1.165, 1.54) is 0 Å². The predicted molar refractivity (Wildman–Crippen MR) is 190 cm³/mol. The van der Waals surface area contributed by atoms with Crippen LogP contribution >= 0.6 is 0 Å². The molecule has 0 saturated heterocycles. The number of aromatic nitrogens is 6. The Kier molecular flexibility index (Phi) is 9.95. The summed E-state index contributed by atoms with van der Waals surface area (Å²) in [6.45, 7) is -1.54. The number of hydrogen-bond acceptors (Lipinski definition) is 7. The number of carboxylic acid groups (broad SMARTS) is 2. The number of nitrogens with zero attached hydrogens (tertiary/aromatic N) is 7. The molecule has 0 radical (unpaired) electrons. The van der Waals surface area contributed by atoms with Gasteiger partial charge in [0.1, 0.15) is 17.5 Å². The summed E-state index contributed by atoms with van der Waals surface area (Å²) < 4.78 is 6.21. The Labute approximate surface area is 289 Å². The van der Waals surface area contributed by atoms with E-state index in [2.05, 4.69) is 19.0 Å². The van der Waals surface area contributed by atoms with Gasteiger partial charge in [-0.1, -0.05) is 36.4 Å². The quantitative estimate of drug-likeness (QED) is 0.138. The fraction of sp³-hybridized carbons (Fsp3) is 0.351. The molecule has 3 N–H and O–H groups in total. The maximum absolute atomic E-state index is 13.9. The highest BCUT2D eigenvalue weighted by molar-refractivity contribution is 5.81. The van der Waals surface area contributed by atoms with E-state index in [1.807, 2.05) is 93.9 Å². The first-order valence-electron chi connectivity index (χ1n) is 16.7. The summed E-state index contributed by atoms with van der Waals surface area (Å²) in [4.78, 5) is 52.9. The lowest BCUT2D eigenvalue weighted by atomic mass is 9.83. The highest BCUT2D eigenvalue weighted by Gasteiger charge is 2.34. The summed E-state index contributed by atoms with van der Waals surface area (Å²) in [6.07, 6.45) is 3.18. The van der Waals surface area contributed by atoms with Crippen molar-refractivity contribution in [1.29, 1.82) is 0 Å². The number of carbonyl (C=O) groups is 3. The molecule has 0 aliphatic carbocycles. The zero-order valence-electron chi connectivity index (χ0n) is 28.5. The van der Waals surface area contributed by atoms with Crippen LogP contribution in [0.15, 0.2) is 72.8 Å². The van der Waals surface area contributed by atoms with Gasteiger partial charge in [0, 0.05) is 45.9 Å². The average molecular weight is 679 g/mol. The number of imidazole rings is 3. The number of amides is 1. The van der Waals surface area contributed by atoms with E-state index in [9.17, 15) is 24.6 Å². The highest BCUT2D eigenvalue weighted by atomic mass is 16.4. The standard InChI is InChI=1S/C37H42N8O5/c1-42-28-13-7-4-10-25(28)38-31(42)16-19-37(41-34(46)22-45(23-35(47)48)24-36(49)50,20-17-32-39-26-11-5-8-14-29(26)43(32)2)21-18-33-40-27-12-6-9-15-30(27)44(33)3/h4-15H,16-24H2,1-3H3,(H,41,46)(H,47,48)(H,49,50). The number of nitrogens with one attached hydrogen (secondary N) is 1. The van der Waals surface area contributed by atoms with Crippen molar-refractivity contribution in [2.24, 2.45) is 21.1 Å². The molecule has 0 spiro atoms. The Balaban J connectivity index is 1.36. The molecule has 0 atom stereocenters. The van der Waals surface area contributed by atoms with E-state index in [0.717, 1.165) is 55.5 Å². The Bertz CT molecular complexity index is 1960. The molecule has 6 rings (SSSR count). The first-order valence-corrected chi connectivity index (χ1v) is 16.7. The van der Waals surface area contributed by atoms with E-state index in [1.54, 1.807) is 0 Å². The topological polar surface area (TPSA) is 160 Å². The van der Waals surface area contributed by atoms with Crippen LogP contribution in [0, 0.1) is 0 Å². The molecule has 3 heterocycles. The second kappa shape index (κ2) is 14.5. The van der Waals surface area contributed by atoms with Gasteiger partial charge in [0.2, 0.25) is 5.91 Å². The predicted octanol–water partition coefficient (Wildman–Crippen LogP) is 3.87. The molecule has 50 heavy (non-hydrogen) atoms. The van der Waals surface area contributed by atoms with Crippen molar-refractivity contribution in [3.63, 3.8) is 0 Å². The van der Waals surface area contributed by atoms with E-state index < -0.39 is 36.5 Å². The molecule has 3 aromatic carbocycles. The molecule has 0 fully saturated rings. The minimum Gasteiger partial charge on any atom is -0.480 e. The molecule has 260 valence electrons. The molecule has 0 aliphatic rings. The van der Waals surface area contributed by atoms with Crippen molar-refractivity contribution in [1.82, 2.24) is 38.9 Å². The summed E-state index contributed by atoms with van der Waals surface area (Å²) in [5.74, 6) is -0.268. The Morgan fingerprint density at radius 1 is 0.600 bits per heavy atom. The summed E-state index contributed by atoms with van der Waals surface area (Å²) in [6, 6.07) is 23.8. The summed E-state index contributed by atoms with van der Waals surface area (Å²) in [5.41, 5.74) is 4.87. The summed E-state index contributed by atoms with van der Waals surface area (Å²) in [7, 11) is 5.96. The number of benzene rings is 3. The minimum atomic E-state index is -1.21. The third kappa shape index (κ3) is 7.52. The van der Waals surface area contributed by atoms with Crippen LogP contribution in [0.25, 0.3) is 33.1 Å². The van der Waals surface area contributed by atoms with Gasteiger partial charge in [-0.2, -0.15) is 0 Å². The van der Waals surface area contributed by atoms with E-state index in [0.29, 0.717) is 38.5 Å². The zero-order valence-corrected chi connectivity index (χ0v) is 28.5. The van der Waals surface area contributed by atoms with Crippen molar-refractivity contribution >= 4 is 50.9 Å². The van der Waals surface area contributed by atoms with Crippen LogP contribution in [0.4, 0.5) is 0 Å². The Hall–Kier alpha value is -5.56. The summed E-state index contributed by atoms with van der Waals surface area (Å²) in [5, 5.41) is 22.2. The molecule has 13 nitrogen and oxygen atoms in total. The first kappa shape index (κ1) is 34.3. The normalized spacial score (nSPS) is 12.0. The molecule has 13 heteroatoms. The number of hydrogen-bond donors (Lipinski definition) is 3. The zero-order chi connectivity index (χ0) is 35.4. The number of carboxylic acids is 2. The van der Waals surface area contributed by atoms with E-state index in [-0.39, 0.29) is 6.54 Å². The number of carbonyl (C=O) groups excluding carboxylic acids is 1. The van der Waals surface area contributed by atoms with Gasteiger partial charge in [-0.05, 0) is 55.7 Å². The molecule has 6 aromatic rings. The molecule has 1 amide bonds. The van der Waals surface area contributed by atoms with Crippen LogP contribution in [0.5, 0.6) is 0 Å². The lowest BCUT2D eigenvalue weighted by molar-refractivity contribution is -0.142.